The van der Waals surface area contributed by atoms with E-state index in [0.29, 0.717) is 22.0 Å². The number of piperidine rings is 1. The van der Waals surface area contributed by atoms with Gasteiger partial charge in [0.05, 0.1) is 29.0 Å². The second-order valence-corrected chi connectivity index (χ2v) is 10.6. The molecule has 0 bridgehead atoms. The van der Waals surface area contributed by atoms with E-state index in [4.69, 9.17) is 4.74 Å². The summed E-state index contributed by atoms with van der Waals surface area (Å²) in [5, 5.41) is 6.35. The van der Waals surface area contributed by atoms with Crippen LogP contribution in [0, 0.1) is 0 Å². The normalized spacial score (nSPS) is 14.4. The maximum absolute atomic E-state index is 13.1. The van der Waals surface area contributed by atoms with Crippen molar-refractivity contribution in [2.75, 3.05) is 36.2 Å². The van der Waals surface area contributed by atoms with Crippen LogP contribution in [-0.2, 0) is 9.84 Å². The number of carbonyl (C=O) groups is 1. The van der Waals surface area contributed by atoms with Gasteiger partial charge in [-0.1, -0.05) is 19.1 Å². The number of hydrogen-bond acceptors (Lipinski definition) is 7. The average molecular weight is 495 g/mol. The Morgan fingerprint density at radius 2 is 1.77 bits per heavy atom. The first-order valence-corrected chi connectivity index (χ1v) is 13.3. The number of amides is 1. The molecule has 2 heterocycles. The summed E-state index contributed by atoms with van der Waals surface area (Å²) < 4.78 is 29.5. The predicted molar refractivity (Wildman–Crippen MR) is 137 cm³/mol. The molecule has 1 aromatic heterocycles. The number of aromatic nitrogens is 1. The minimum atomic E-state index is -3.21. The number of ether oxygens (including phenoxy) is 1. The van der Waals surface area contributed by atoms with Gasteiger partial charge < -0.3 is 20.3 Å². The van der Waals surface area contributed by atoms with E-state index < -0.39 is 9.84 Å². The summed E-state index contributed by atoms with van der Waals surface area (Å²) >= 11 is 0. The van der Waals surface area contributed by atoms with Crippen molar-refractivity contribution in [1.29, 1.82) is 0 Å². The number of nitrogens with one attached hydrogen (secondary N) is 2. The van der Waals surface area contributed by atoms with Crippen LogP contribution in [0.25, 0.3) is 0 Å². The third-order valence-electron chi connectivity index (χ3n) is 6.18. The highest BCUT2D eigenvalue weighted by molar-refractivity contribution is 7.91. The topological polar surface area (TPSA) is 101 Å². The maximum Gasteiger partial charge on any atom is 0.255 e. The van der Waals surface area contributed by atoms with Gasteiger partial charge in [0.2, 0.25) is 0 Å². The molecule has 4 rings (SSSR count). The minimum absolute atomic E-state index is 0.0396. The van der Waals surface area contributed by atoms with Gasteiger partial charge in [0.25, 0.3) is 5.91 Å². The summed E-state index contributed by atoms with van der Waals surface area (Å²) in [5.41, 5.74) is 2.18. The molecule has 0 atom stereocenters. The van der Waals surface area contributed by atoms with Gasteiger partial charge in [0, 0.05) is 31.0 Å². The highest BCUT2D eigenvalue weighted by atomic mass is 32.2. The molecule has 184 valence electrons. The van der Waals surface area contributed by atoms with Crippen LogP contribution >= 0.6 is 0 Å². The molecule has 3 aromatic rings. The van der Waals surface area contributed by atoms with Gasteiger partial charge in [-0.3, -0.25) is 4.79 Å². The molecule has 1 amide bonds. The second-order valence-electron chi connectivity index (χ2n) is 8.36. The molecule has 1 saturated heterocycles. The van der Waals surface area contributed by atoms with Gasteiger partial charge in [-0.05, 0) is 61.4 Å². The van der Waals surface area contributed by atoms with E-state index in [0.717, 1.165) is 37.3 Å². The van der Waals surface area contributed by atoms with E-state index in [9.17, 15) is 13.2 Å². The van der Waals surface area contributed by atoms with E-state index in [1.807, 2.05) is 36.4 Å². The number of carbonyl (C=O) groups excluding carboxylic acids is 1. The number of para-hydroxylation sites is 2. The first kappa shape index (κ1) is 24.5. The summed E-state index contributed by atoms with van der Waals surface area (Å²) in [6.45, 7) is 3.18. The lowest BCUT2D eigenvalue weighted by Gasteiger charge is -2.34. The third-order valence-corrected chi connectivity index (χ3v) is 7.93. The Labute approximate surface area is 206 Å². The molecule has 0 unspecified atom stereocenters. The zero-order valence-corrected chi connectivity index (χ0v) is 20.7. The van der Waals surface area contributed by atoms with Crippen molar-refractivity contribution in [2.45, 2.75) is 30.7 Å². The summed E-state index contributed by atoms with van der Waals surface area (Å²) in [6, 6.07) is 18.1. The fourth-order valence-electron chi connectivity index (χ4n) is 4.14. The number of rotatable bonds is 8. The Morgan fingerprint density at radius 3 is 2.46 bits per heavy atom. The fourth-order valence-corrected chi connectivity index (χ4v) is 5.02. The zero-order chi connectivity index (χ0) is 24.8. The number of benzene rings is 2. The van der Waals surface area contributed by atoms with Crippen molar-refractivity contribution in [3.8, 4) is 5.75 Å². The molecule has 1 aliphatic heterocycles. The monoisotopic (exact) mass is 494 g/mol. The van der Waals surface area contributed by atoms with Gasteiger partial charge in [0.15, 0.2) is 9.84 Å². The Kier molecular flexibility index (Phi) is 7.55. The SMILES string of the molecule is CCS(=O)(=O)c1ccc(N2CCC(NC(=O)c3cccnc3Nc3ccccc3OC)CC2)cc1. The molecule has 1 fully saturated rings. The van der Waals surface area contributed by atoms with Crippen LogP contribution < -0.4 is 20.3 Å². The van der Waals surface area contributed by atoms with Gasteiger partial charge in [0.1, 0.15) is 11.6 Å². The third kappa shape index (κ3) is 5.74. The van der Waals surface area contributed by atoms with Crippen LogP contribution in [0.5, 0.6) is 5.75 Å². The molecule has 0 saturated carbocycles. The number of hydrogen-bond donors (Lipinski definition) is 2. The smallest absolute Gasteiger partial charge is 0.255 e. The Hall–Kier alpha value is -3.59. The van der Waals surface area contributed by atoms with Crippen LogP contribution in [0.1, 0.15) is 30.1 Å². The van der Waals surface area contributed by atoms with Crippen LogP contribution in [0.3, 0.4) is 0 Å². The Morgan fingerprint density at radius 1 is 1.06 bits per heavy atom. The molecular weight excluding hydrogens is 464 g/mol. The standard InChI is InChI=1S/C26H30N4O4S/c1-3-35(32,33)21-12-10-20(11-13-21)30-17-14-19(15-18-30)28-26(31)22-7-6-16-27-25(22)29-23-8-4-5-9-24(23)34-2/h4-13,16,19H,3,14-15,17-18H2,1-2H3,(H,27,29)(H,28,31). The largest absolute Gasteiger partial charge is 0.495 e. The van der Waals surface area contributed by atoms with Crippen LogP contribution in [-0.4, -0.2) is 51.3 Å². The molecule has 9 heteroatoms. The van der Waals surface area contributed by atoms with Gasteiger partial charge >= 0.3 is 0 Å². The van der Waals surface area contributed by atoms with Crippen molar-refractivity contribution in [3.63, 3.8) is 0 Å². The molecule has 1 aliphatic rings. The first-order valence-electron chi connectivity index (χ1n) is 11.6. The summed E-state index contributed by atoms with van der Waals surface area (Å²) in [5.74, 6) is 1.04. The number of sulfone groups is 1. The van der Waals surface area contributed by atoms with Gasteiger partial charge in [-0.15, -0.1) is 0 Å². The summed E-state index contributed by atoms with van der Waals surface area (Å²) in [7, 11) is -1.61. The first-order chi connectivity index (χ1) is 16.9. The lowest BCUT2D eigenvalue weighted by atomic mass is 10.0. The Balaban J connectivity index is 1.38. The lowest BCUT2D eigenvalue weighted by molar-refractivity contribution is 0.0931. The number of pyridine rings is 1. The number of nitrogens with zero attached hydrogens (tertiary/aromatic N) is 2. The van der Waals surface area contributed by atoms with E-state index in [-0.39, 0.29) is 17.7 Å². The van der Waals surface area contributed by atoms with Crippen molar-refractivity contribution in [1.82, 2.24) is 10.3 Å². The molecule has 35 heavy (non-hydrogen) atoms. The van der Waals surface area contributed by atoms with E-state index >= 15 is 0 Å². The second kappa shape index (κ2) is 10.8. The lowest BCUT2D eigenvalue weighted by Crippen LogP contribution is -2.44. The number of methoxy groups -OCH3 is 1. The van der Waals surface area contributed by atoms with E-state index in [1.165, 1.54) is 0 Å². The van der Waals surface area contributed by atoms with Crippen molar-refractivity contribution < 1.29 is 17.9 Å². The van der Waals surface area contributed by atoms with Gasteiger partial charge in [-0.25, -0.2) is 13.4 Å². The van der Waals surface area contributed by atoms with E-state index in [2.05, 4.69) is 20.5 Å². The van der Waals surface area contributed by atoms with Crippen molar-refractivity contribution in [3.05, 3.63) is 72.4 Å². The molecule has 2 N–H and O–H groups in total. The van der Waals surface area contributed by atoms with Crippen molar-refractivity contribution in [2.24, 2.45) is 0 Å². The summed E-state index contributed by atoms with van der Waals surface area (Å²) in [4.78, 5) is 20.0. The fraction of sp³-hybridized carbons (Fsp3) is 0.308. The van der Waals surface area contributed by atoms with Gasteiger partial charge in [-0.2, -0.15) is 0 Å². The predicted octanol–water partition coefficient (Wildman–Crippen LogP) is 4.03. The number of anilines is 3. The Bertz CT molecular complexity index is 1270. The average Bonchev–Trinajstić information content (AvgIpc) is 2.90. The van der Waals surface area contributed by atoms with Crippen LogP contribution in [0.4, 0.5) is 17.2 Å². The molecular formula is C26H30N4O4S. The van der Waals surface area contributed by atoms with E-state index in [1.54, 1.807) is 44.5 Å². The van der Waals surface area contributed by atoms with Crippen LogP contribution in [0.2, 0.25) is 0 Å². The molecule has 0 radical (unpaired) electrons. The highest BCUT2D eigenvalue weighted by Gasteiger charge is 2.23. The van der Waals surface area contributed by atoms with Crippen molar-refractivity contribution >= 4 is 32.9 Å². The molecule has 0 aliphatic carbocycles. The molecule has 0 spiro atoms. The molecule has 8 nitrogen and oxygen atoms in total. The highest BCUT2D eigenvalue weighted by Crippen LogP contribution is 2.28. The zero-order valence-electron chi connectivity index (χ0n) is 19.9. The minimum Gasteiger partial charge on any atom is -0.495 e. The maximum atomic E-state index is 13.1. The molecule has 2 aromatic carbocycles. The van der Waals surface area contributed by atoms with Crippen LogP contribution in [0.15, 0.2) is 71.8 Å². The summed E-state index contributed by atoms with van der Waals surface area (Å²) in [6.07, 6.45) is 3.22. The quantitative estimate of drug-likeness (QED) is 0.488.